The van der Waals surface area contributed by atoms with E-state index >= 15 is 0 Å². The van der Waals surface area contributed by atoms with Crippen LogP contribution in [0.2, 0.25) is 5.02 Å². The number of ether oxygens (including phenoxy) is 1. The van der Waals surface area contributed by atoms with Crippen molar-refractivity contribution in [3.8, 4) is 11.3 Å². The molecule has 3 aromatic rings. The summed E-state index contributed by atoms with van der Waals surface area (Å²) >= 11 is 5.93. The van der Waals surface area contributed by atoms with Crippen molar-refractivity contribution in [1.82, 2.24) is 14.9 Å². The van der Waals surface area contributed by atoms with Gasteiger partial charge < -0.3 is 14.6 Å². The Bertz CT molecular complexity index is 1060. The van der Waals surface area contributed by atoms with Crippen molar-refractivity contribution in [1.29, 1.82) is 0 Å². The van der Waals surface area contributed by atoms with E-state index in [1.165, 1.54) is 0 Å². The van der Waals surface area contributed by atoms with E-state index < -0.39 is 5.56 Å². The fraction of sp³-hybridized carbons (Fsp3) is 0.261. The molecule has 0 aliphatic carbocycles. The number of amides is 1. The lowest BCUT2D eigenvalue weighted by molar-refractivity contribution is 0.0503. The third-order valence-electron chi connectivity index (χ3n) is 5.11. The van der Waals surface area contributed by atoms with Gasteiger partial charge in [0.1, 0.15) is 5.56 Å². The molecular formula is C23H22ClN3O3. The number of pyridine rings is 2. The fourth-order valence-corrected chi connectivity index (χ4v) is 3.68. The highest BCUT2D eigenvalue weighted by Gasteiger charge is 2.25. The highest BCUT2D eigenvalue weighted by atomic mass is 35.5. The van der Waals surface area contributed by atoms with Crippen LogP contribution in [0.4, 0.5) is 0 Å². The van der Waals surface area contributed by atoms with Gasteiger partial charge in [-0.3, -0.25) is 14.6 Å². The minimum Gasteiger partial charge on any atom is -0.376 e. The van der Waals surface area contributed by atoms with E-state index in [4.69, 9.17) is 16.3 Å². The summed E-state index contributed by atoms with van der Waals surface area (Å²) < 4.78 is 5.71. The van der Waals surface area contributed by atoms with Crippen LogP contribution in [-0.4, -0.2) is 40.0 Å². The van der Waals surface area contributed by atoms with Crippen LogP contribution in [0.1, 0.15) is 28.9 Å². The van der Waals surface area contributed by atoms with Gasteiger partial charge in [-0.15, -0.1) is 0 Å². The number of aromatic nitrogens is 2. The van der Waals surface area contributed by atoms with E-state index in [9.17, 15) is 9.59 Å². The van der Waals surface area contributed by atoms with E-state index in [0.717, 1.165) is 24.1 Å². The summed E-state index contributed by atoms with van der Waals surface area (Å²) in [6.45, 7) is 1.44. The third-order valence-corrected chi connectivity index (χ3v) is 5.36. The number of benzene rings is 1. The minimum atomic E-state index is -0.425. The van der Waals surface area contributed by atoms with Gasteiger partial charge in [-0.1, -0.05) is 29.8 Å². The zero-order valence-electron chi connectivity index (χ0n) is 16.4. The van der Waals surface area contributed by atoms with Crippen LogP contribution >= 0.6 is 11.6 Å². The van der Waals surface area contributed by atoms with E-state index in [2.05, 4.69) is 9.97 Å². The van der Waals surface area contributed by atoms with Gasteiger partial charge in [-0.25, -0.2) is 0 Å². The van der Waals surface area contributed by atoms with Crippen molar-refractivity contribution in [3.63, 3.8) is 0 Å². The number of rotatable bonds is 6. The highest BCUT2D eigenvalue weighted by molar-refractivity contribution is 6.30. The summed E-state index contributed by atoms with van der Waals surface area (Å²) in [5.41, 5.74) is 1.88. The lowest BCUT2D eigenvalue weighted by atomic mass is 10.1. The second-order valence-corrected chi connectivity index (χ2v) is 7.70. The molecule has 1 amide bonds. The van der Waals surface area contributed by atoms with Crippen LogP contribution < -0.4 is 5.56 Å². The molecule has 3 heterocycles. The average molecular weight is 424 g/mol. The van der Waals surface area contributed by atoms with E-state index in [0.29, 0.717) is 30.4 Å². The van der Waals surface area contributed by atoms with Crippen molar-refractivity contribution in [2.45, 2.75) is 25.5 Å². The summed E-state index contributed by atoms with van der Waals surface area (Å²) in [4.78, 5) is 34.8. The number of H-pyrrole nitrogens is 1. The first kappa shape index (κ1) is 20.3. The zero-order chi connectivity index (χ0) is 20.9. The number of nitrogens with zero attached hydrogens (tertiary/aromatic N) is 2. The van der Waals surface area contributed by atoms with Crippen molar-refractivity contribution < 1.29 is 9.53 Å². The molecule has 0 saturated carbocycles. The summed E-state index contributed by atoms with van der Waals surface area (Å²) in [5, 5.41) is 0.618. The Morgan fingerprint density at radius 1 is 1.17 bits per heavy atom. The van der Waals surface area contributed by atoms with E-state index in [1.54, 1.807) is 35.4 Å². The molecule has 1 aliphatic rings. The molecule has 1 fully saturated rings. The number of carbonyl (C=O) groups excluding carboxylic acids is 1. The first-order chi connectivity index (χ1) is 14.6. The predicted octanol–water partition coefficient (Wildman–Crippen LogP) is 3.91. The summed E-state index contributed by atoms with van der Waals surface area (Å²) in [6, 6.07) is 16.0. The number of carbonyl (C=O) groups is 1. The van der Waals surface area contributed by atoms with Gasteiger partial charge >= 0.3 is 0 Å². The Morgan fingerprint density at radius 2 is 2.00 bits per heavy atom. The molecule has 0 unspecified atom stereocenters. The third kappa shape index (κ3) is 4.78. The van der Waals surface area contributed by atoms with Crippen LogP contribution in [0.15, 0.2) is 65.6 Å². The van der Waals surface area contributed by atoms with Crippen molar-refractivity contribution in [3.05, 3.63) is 87.4 Å². The summed E-state index contributed by atoms with van der Waals surface area (Å²) in [5.74, 6) is -0.333. The van der Waals surface area contributed by atoms with Crippen molar-refractivity contribution in [2.75, 3.05) is 13.2 Å². The molecule has 1 aromatic carbocycles. The molecule has 0 radical (unpaired) electrons. The molecule has 0 bridgehead atoms. The number of hydrogen-bond acceptors (Lipinski definition) is 4. The fourth-order valence-electron chi connectivity index (χ4n) is 3.55. The molecular weight excluding hydrogens is 402 g/mol. The second-order valence-electron chi connectivity index (χ2n) is 7.26. The largest absolute Gasteiger partial charge is 0.376 e. The summed E-state index contributed by atoms with van der Waals surface area (Å²) in [7, 11) is 0. The molecule has 154 valence electrons. The molecule has 30 heavy (non-hydrogen) atoms. The van der Waals surface area contributed by atoms with Crippen molar-refractivity contribution >= 4 is 17.5 Å². The normalized spacial score (nSPS) is 15.8. The lowest BCUT2D eigenvalue weighted by Crippen LogP contribution is -2.39. The van der Waals surface area contributed by atoms with Crippen LogP contribution in [0.3, 0.4) is 0 Å². The van der Waals surface area contributed by atoms with Crippen LogP contribution in [0, 0.1) is 0 Å². The molecule has 2 aromatic heterocycles. The first-order valence-corrected chi connectivity index (χ1v) is 10.3. The Morgan fingerprint density at radius 3 is 2.67 bits per heavy atom. The van der Waals surface area contributed by atoms with Crippen LogP contribution in [-0.2, 0) is 11.3 Å². The monoisotopic (exact) mass is 423 g/mol. The Labute approximate surface area is 179 Å². The van der Waals surface area contributed by atoms with Gasteiger partial charge in [-0.05, 0) is 54.8 Å². The van der Waals surface area contributed by atoms with Crippen LogP contribution in [0.25, 0.3) is 11.3 Å². The lowest BCUT2D eigenvalue weighted by Gasteiger charge is -2.25. The van der Waals surface area contributed by atoms with Gasteiger partial charge in [-0.2, -0.15) is 0 Å². The highest BCUT2D eigenvalue weighted by Crippen LogP contribution is 2.20. The van der Waals surface area contributed by atoms with Crippen molar-refractivity contribution in [2.24, 2.45) is 0 Å². The number of nitrogens with one attached hydrogen (secondary N) is 1. The number of aromatic amines is 1. The zero-order valence-corrected chi connectivity index (χ0v) is 17.1. The second kappa shape index (κ2) is 9.24. The molecule has 0 spiro atoms. The quantitative estimate of drug-likeness (QED) is 0.652. The van der Waals surface area contributed by atoms with Gasteiger partial charge in [0.2, 0.25) is 0 Å². The predicted molar refractivity (Wildman–Crippen MR) is 115 cm³/mol. The molecule has 6 nitrogen and oxygen atoms in total. The van der Waals surface area contributed by atoms with Gasteiger partial charge in [0.05, 0.1) is 18.3 Å². The number of halogens is 1. The SMILES string of the molecule is O=C(c1ccc(-c2ccc(Cl)cc2)[nH]c1=O)N(Cc1ccccn1)C[C@H]1CCCO1. The molecule has 7 heteroatoms. The molecule has 1 atom stereocenters. The van der Waals surface area contributed by atoms with Crippen LogP contribution in [0.5, 0.6) is 0 Å². The molecule has 4 rings (SSSR count). The topological polar surface area (TPSA) is 75.3 Å². The molecule has 1 aliphatic heterocycles. The maximum Gasteiger partial charge on any atom is 0.261 e. The molecule has 1 N–H and O–H groups in total. The minimum absolute atomic E-state index is 0.0231. The van der Waals surface area contributed by atoms with Gasteiger partial charge in [0.25, 0.3) is 11.5 Å². The standard InChI is InChI=1S/C23H22ClN3O3/c24-17-8-6-16(7-9-17)21-11-10-20(22(28)26-21)23(29)27(15-19-5-3-13-30-19)14-18-4-1-2-12-25-18/h1-2,4,6-12,19H,3,5,13-15H2,(H,26,28)/t19-/m1/s1. The number of hydrogen-bond donors (Lipinski definition) is 1. The molecule has 1 saturated heterocycles. The van der Waals surface area contributed by atoms with E-state index in [1.807, 2.05) is 30.3 Å². The smallest absolute Gasteiger partial charge is 0.261 e. The Kier molecular flexibility index (Phi) is 6.26. The Hall–Kier alpha value is -2.96. The van der Waals surface area contributed by atoms with Gasteiger partial charge in [0.15, 0.2) is 0 Å². The summed E-state index contributed by atoms with van der Waals surface area (Å²) in [6.07, 6.45) is 3.55. The maximum atomic E-state index is 13.3. The average Bonchev–Trinajstić information content (AvgIpc) is 3.27. The maximum absolute atomic E-state index is 13.3. The van der Waals surface area contributed by atoms with Gasteiger partial charge in [0, 0.05) is 30.1 Å². The first-order valence-electron chi connectivity index (χ1n) is 9.90. The Balaban J connectivity index is 1.59. The van der Waals surface area contributed by atoms with E-state index in [-0.39, 0.29) is 17.6 Å².